The lowest BCUT2D eigenvalue weighted by atomic mass is 10.0. The first kappa shape index (κ1) is 12.3. The second-order valence-electron chi connectivity index (χ2n) is 3.55. The van der Waals surface area contributed by atoms with Crippen molar-refractivity contribution in [2.24, 2.45) is 0 Å². The molecule has 0 aliphatic heterocycles. The van der Waals surface area contributed by atoms with Crippen molar-refractivity contribution in [3.05, 3.63) is 36.0 Å². The maximum Gasteiger partial charge on any atom is 0.454 e. The Morgan fingerprint density at radius 1 is 1.22 bits per heavy atom. The van der Waals surface area contributed by atoms with Gasteiger partial charge in [0.25, 0.3) is 5.78 Å². The van der Waals surface area contributed by atoms with E-state index in [4.69, 9.17) is 4.74 Å². The van der Waals surface area contributed by atoms with Crippen LogP contribution in [0.3, 0.4) is 0 Å². The van der Waals surface area contributed by atoms with Gasteiger partial charge in [0.2, 0.25) is 5.88 Å². The van der Waals surface area contributed by atoms with Crippen LogP contribution in [0.4, 0.5) is 13.2 Å². The number of alkyl halides is 3. The van der Waals surface area contributed by atoms with Gasteiger partial charge in [0.15, 0.2) is 0 Å². The van der Waals surface area contributed by atoms with Gasteiger partial charge < -0.3 is 4.74 Å². The molecule has 0 spiro atoms. The molecule has 0 fully saturated rings. The Hall–Kier alpha value is -2.11. The lowest BCUT2D eigenvalue weighted by Crippen LogP contribution is -2.23. The lowest BCUT2D eigenvalue weighted by Gasteiger charge is -2.10. The molecule has 0 saturated heterocycles. The van der Waals surface area contributed by atoms with Crippen LogP contribution < -0.4 is 4.74 Å². The maximum absolute atomic E-state index is 12.4. The third-order valence-corrected chi connectivity index (χ3v) is 2.45. The van der Waals surface area contributed by atoms with E-state index >= 15 is 0 Å². The van der Waals surface area contributed by atoms with Crippen molar-refractivity contribution in [3.8, 4) is 5.88 Å². The number of carbonyl (C=O) groups is 1. The third-order valence-electron chi connectivity index (χ3n) is 2.45. The molecule has 2 rings (SSSR count). The predicted molar refractivity (Wildman–Crippen MR) is 58.7 cm³/mol. The van der Waals surface area contributed by atoms with Gasteiger partial charge in [0.1, 0.15) is 0 Å². The van der Waals surface area contributed by atoms with Gasteiger partial charge in [-0.3, -0.25) is 4.79 Å². The first-order valence-corrected chi connectivity index (χ1v) is 4.98. The fourth-order valence-corrected chi connectivity index (χ4v) is 1.66. The van der Waals surface area contributed by atoms with Crippen LogP contribution in [0, 0.1) is 0 Å². The van der Waals surface area contributed by atoms with E-state index in [1.54, 1.807) is 18.2 Å². The molecule has 94 valence electrons. The summed E-state index contributed by atoms with van der Waals surface area (Å²) in [5.41, 5.74) is -0.473. The number of halogens is 3. The fourth-order valence-electron chi connectivity index (χ4n) is 1.66. The zero-order valence-corrected chi connectivity index (χ0v) is 9.28. The van der Waals surface area contributed by atoms with Crippen LogP contribution in [0.25, 0.3) is 10.8 Å². The smallest absolute Gasteiger partial charge is 0.454 e. The number of fused-ring (bicyclic) bond motifs is 1. The van der Waals surface area contributed by atoms with Gasteiger partial charge in [-0.15, -0.1) is 0 Å². The van der Waals surface area contributed by atoms with Crippen LogP contribution in [0.5, 0.6) is 5.88 Å². The Morgan fingerprint density at radius 3 is 2.39 bits per heavy atom. The van der Waals surface area contributed by atoms with E-state index < -0.39 is 17.5 Å². The van der Waals surface area contributed by atoms with E-state index in [1.807, 2.05) is 0 Å². The summed E-state index contributed by atoms with van der Waals surface area (Å²) >= 11 is 0. The van der Waals surface area contributed by atoms with Crippen LogP contribution in [0.1, 0.15) is 10.4 Å². The molecule has 0 aliphatic carbocycles. The molecular weight excluding hydrogens is 247 g/mol. The minimum absolute atomic E-state index is 0.173. The molecule has 0 radical (unpaired) electrons. The Bertz CT molecular complexity index is 608. The number of carbonyl (C=O) groups excluding carboxylic acids is 1. The van der Waals surface area contributed by atoms with Gasteiger partial charge in [0.05, 0.1) is 12.7 Å². The molecule has 0 bridgehead atoms. The van der Waals surface area contributed by atoms with E-state index in [-0.39, 0.29) is 11.3 Å². The average molecular weight is 255 g/mol. The number of nitrogens with zero attached hydrogens (tertiary/aromatic N) is 1. The van der Waals surface area contributed by atoms with E-state index in [9.17, 15) is 18.0 Å². The van der Waals surface area contributed by atoms with E-state index in [1.165, 1.54) is 13.2 Å². The number of benzene rings is 1. The molecule has 0 N–H and O–H groups in total. The SMILES string of the molecule is COc1ncc(C(=O)C(F)(F)F)c2ccccc12. The van der Waals surface area contributed by atoms with Crippen LogP contribution >= 0.6 is 0 Å². The molecular formula is C12H8F3NO2. The number of Topliss-reactive ketones (excluding diaryl/α,β-unsaturated/α-hetero) is 1. The standard InChI is InChI=1S/C12H8F3NO2/c1-18-11-8-5-3-2-4-7(8)9(6-16-11)10(17)12(13,14)15/h2-6H,1H3. The highest BCUT2D eigenvalue weighted by Crippen LogP contribution is 2.30. The van der Waals surface area contributed by atoms with Crippen molar-refractivity contribution < 1.29 is 22.7 Å². The molecule has 3 nitrogen and oxygen atoms in total. The monoisotopic (exact) mass is 255 g/mol. The molecule has 6 heteroatoms. The van der Waals surface area contributed by atoms with Gasteiger partial charge >= 0.3 is 6.18 Å². The van der Waals surface area contributed by atoms with Crippen LogP contribution in [-0.2, 0) is 0 Å². The number of hydrogen-bond donors (Lipinski definition) is 0. The molecule has 0 aliphatic rings. The Labute approximate surface area is 100 Å². The summed E-state index contributed by atoms with van der Waals surface area (Å²) in [6.45, 7) is 0. The number of methoxy groups -OCH3 is 1. The first-order valence-electron chi connectivity index (χ1n) is 4.98. The van der Waals surface area contributed by atoms with E-state index in [0.717, 1.165) is 6.20 Å². The van der Waals surface area contributed by atoms with E-state index in [0.29, 0.717) is 5.39 Å². The molecule has 0 saturated carbocycles. The summed E-state index contributed by atoms with van der Waals surface area (Å²) < 4.78 is 42.3. The molecule has 18 heavy (non-hydrogen) atoms. The number of ketones is 1. The summed E-state index contributed by atoms with van der Waals surface area (Å²) in [4.78, 5) is 15.0. The van der Waals surface area contributed by atoms with Gasteiger partial charge in [-0.1, -0.05) is 18.2 Å². The minimum atomic E-state index is -4.92. The molecule has 0 unspecified atom stereocenters. The number of ether oxygens (including phenoxy) is 1. The van der Waals surface area contributed by atoms with Gasteiger partial charge in [-0.2, -0.15) is 13.2 Å². The topological polar surface area (TPSA) is 39.2 Å². The van der Waals surface area contributed by atoms with Crippen LogP contribution in [0.2, 0.25) is 0 Å². The Kier molecular flexibility index (Phi) is 2.94. The quantitative estimate of drug-likeness (QED) is 0.774. The van der Waals surface area contributed by atoms with Crippen molar-refractivity contribution in [2.75, 3.05) is 7.11 Å². The zero-order chi connectivity index (χ0) is 13.3. The second-order valence-corrected chi connectivity index (χ2v) is 3.55. The molecule has 0 atom stereocenters. The number of rotatable bonds is 2. The summed E-state index contributed by atoms with van der Waals surface area (Å²) in [6.07, 6.45) is -4.03. The Balaban J connectivity index is 2.71. The number of aromatic nitrogens is 1. The van der Waals surface area contributed by atoms with Crippen molar-refractivity contribution in [3.63, 3.8) is 0 Å². The largest absolute Gasteiger partial charge is 0.481 e. The maximum atomic E-state index is 12.4. The number of hydrogen-bond acceptors (Lipinski definition) is 3. The van der Waals surface area contributed by atoms with Crippen molar-refractivity contribution in [1.82, 2.24) is 4.98 Å². The highest BCUT2D eigenvalue weighted by Gasteiger charge is 2.40. The van der Waals surface area contributed by atoms with Gasteiger partial charge in [-0.05, 0) is 11.5 Å². The number of pyridine rings is 1. The lowest BCUT2D eigenvalue weighted by molar-refractivity contribution is -0.0884. The van der Waals surface area contributed by atoms with Crippen molar-refractivity contribution in [1.29, 1.82) is 0 Å². The normalized spacial score (nSPS) is 11.6. The molecule has 0 amide bonds. The molecule has 1 aromatic heterocycles. The predicted octanol–water partition coefficient (Wildman–Crippen LogP) is 2.99. The first-order chi connectivity index (χ1) is 8.45. The van der Waals surface area contributed by atoms with E-state index in [2.05, 4.69) is 4.98 Å². The Morgan fingerprint density at radius 2 is 1.83 bits per heavy atom. The fraction of sp³-hybridized carbons (Fsp3) is 0.167. The van der Waals surface area contributed by atoms with Crippen LogP contribution in [-0.4, -0.2) is 24.1 Å². The summed E-state index contributed by atoms with van der Waals surface area (Å²) in [5, 5.41) is 0.543. The second kappa shape index (κ2) is 4.29. The third kappa shape index (κ3) is 2.01. The van der Waals surface area contributed by atoms with Gasteiger partial charge in [-0.25, -0.2) is 4.98 Å². The highest BCUT2D eigenvalue weighted by molar-refractivity contribution is 6.11. The summed E-state index contributed by atoms with van der Waals surface area (Å²) in [6, 6.07) is 6.16. The van der Waals surface area contributed by atoms with Gasteiger partial charge in [0, 0.05) is 11.6 Å². The molecule has 2 aromatic rings. The van der Waals surface area contributed by atoms with Crippen molar-refractivity contribution in [2.45, 2.75) is 6.18 Å². The highest BCUT2D eigenvalue weighted by atomic mass is 19.4. The summed E-state index contributed by atoms with van der Waals surface area (Å²) in [7, 11) is 1.36. The minimum Gasteiger partial charge on any atom is -0.481 e. The molecule has 1 aromatic carbocycles. The summed E-state index contributed by atoms with van der Waals surface area (Å²) in [5.74, 6) is -1.72. The zero-order valence-electron chi connectivity index (χ0n) is 9.28. The van der Waals surface area contributed by atoms with Crippen molar-refractivity contribution >= 4 is 16.6 Å². The average Bonchev–Trinajstić information content (AvgIpc) is 2.35. The van der Waals surface area contributed by atoms with Crippen LogP contribution in [0.15, 0.2) is 30.5 Å². The molecule has 1 heterocycles.